The molecule has 0 unspecified atom stereocenters. The fraction of sp³-hybridized carbons (Fsp3) is 0.375. The topological polar surface area (TPSA) is 95.1 Å². The highest BCUT2D eigenvalue weighted by Gasteiger charge is 2.15. The van der Waals surface area contributed by atoms with Gasteiger partial charge in [0.2, 0.25) is 0 Å². The van der Waals surface area contributed by atoms with Gasteiger partial charge in [-0.05, 0) is 7.05 Å². The quantitative estimate of drug-likeness (QED) is 0.467. The Morgan fingerprint density at radius 1 is 1.80 bits per heavy atom. The highest BCUT2D eigenvalue weighted by Crippen LogP contribution is 2.11. The maximum absolute atomic E-state index is 10.9. The number of H-pyrrole nitrogens is 1. The summed E-state index contributed by atoms with van der Waals surface area (Å²) in [6, 6.07) is 0.650. The fourth-order valence-corrected chi connectivity index (χ4v) is 1.81. The summed E-state index contributed by atoms with van der Waals surface area (Å²) in [5.41, 5.74) is -0.246. The van der Waals surface area contributed by atoms with Gasteiger partial charge < -0.3 is 15.4 Å². The van der Waals surface area contributed by atoms with E-state index in [0.29, 0.717) is 10.9 Å². The van der Waals surface area contributed by atoms with Gasteiger partial charge in [-0.1, -0.05) is 11.8 Å². The van der Waals surface area contributed by atoms with Gasteiger partial charge in [0.1, 0.15) is 6.04 Å². The van der Waals surface area contributed by atoms with Crippen LogP contribution in [-0.4, -0.2) is 39.9 Å². The SMILES string of the molecule is CN[C@@H](CSc1nccc(=O)[nH]1)C(=O)O. The second-order valence-corrected chi connectivity index (χ2v) is 3.74. The van der Waals surface area contributed by atoms with E-state index in [2.05, 4.69) is 15.3 Å². The van der Waals surface area contributed by atoms with Crippen LogP contribution in [0.3, 0.4) is 0 Å². The van der Waals surface area contributed by atoms with Crippen LogP contribution in [0, 0.1) is 0 Å². The Kier molecular flexibility index (Phi) is 4.32. The van der Waals surface area contributed by atoms with E-state index in [1.165, 1.54) is 24.0 Å². The van der Waals surface area contributed by atoms with Crippen LogP contribution >= 0.6 is 11.8 Å². The summed E-state index contributed by atoms with van der Waals surface area (Å²) < 4.78 is 0. The first-order chi connectivity index (χ1) is 7.13. The summed E-state index contributed by atoms with van der Waals surface area (Å²) in [6.07, 6.45) is 1.39. The van der Waals surface area contributed by atoms with Crippen molar-refractivity contribution in [2.24, 2.45) is 0 Å². The Bertz CT molecular complexity index is 393. The highest BCUT2D eigenvalue weighted by molar-refractivity contribution is 7.99. The number of likely N-dealkylation sites (N-methyl/N-ethyl adjacent to an activating group) is 1. The van der Waals surface area contributed by atoms with E-state index in [1.807, 2.05) is 0 Å². The molecule has 0 radical (unpaired) electrons. The normalized spacial score (nSPS) is 12.3. The number of carboxylic acids is 1. The molecule has 82 valence electrons. The Labute approximate surface area is 90.1 Å². The summed E-state index contributed by atoms with van der Waals surface area (Å²) in [5.74, 6) is -0.623. The summed E-state index contributed by atoms with van der Waals surface area (Å²) in [7, 11) is 1.57. The van der Waals surface area contributed by atoms with Crippen molar-refractivity contribution in [1.82, 2.24) is 15.3 Å². The minimum Gasteiger partial charge on any atom is -0.480 e. The molecule has 1 atom stereocenters. The predicted octanol–water partition coefficient (Wildman–Crippen LogP) is -0.465. The minimum absolute atomic E-state index is 0.246. The standard InChI is InChI=1S/C8H11N3O3S/c1-9-5(7(13)14)4-15-8-10-3-2-6(12)11-8/h2-3,5,9H,4H2,1H3,(H,13,14)(H,10,11,12)/t5-/m0/s1. The molecule has 6 nitrogen and oxygen atoms in total. The number of thioether (sulfide) groups is 1. The van der Waals surface area contributed by atoms with Gasteiger partial charge >= 0.3 is 5.97 Å². The van der Waals surface area contributed by atoms with Crippen LogP contribution in [0.25, 0.3) is 0 Å². The number of hydrogen-bond acceptors (Lipinski definition) is 5. The molecular formula is C8H11N3O3S. The lowest BCUT2D eigenvalue weighted by atomic mass is 10.3. The average Bonchev–Trinajstić information content (AvgIpc) is 2.18. The molecule has 3 N–H and O–H groups in total. The van der Waals surface area contributed by atoms with Crippen LogP contribution in [0.1, 0.15) is 0 Å². The Morgan fingerprint density at radius 2 is 2.53 bits per heavy atom. The molecule has 0 saturated heterocycles. The summed E-state index contributed by atoms with van der Waals surface area (Å²) in [6.45, 7) is 0. The van der Waals surface area contributed by atoms with Crippen molar-refractivity contribution < 1.29 is 9.90 Å². The fourth-order valence-electron chi connectivity index (χ4n) is 0.866. The van der Waals surface area contributed by atoms with Crippen molar-refractivity contribution >= 4 is 17.7 Å². The van der Waals surface area contributed by atoms with Crippen molar-refractivity contribution in [1.29, 1.82) is 0 Å². The van der Waals surface area contributed by atoms with E-state index in [0.717, 1.165) is 0 Å². The number of nitrogens with one attached hydrogen (secondary N) is 2. The lowest BCUT2D eigenvalue weighted by Gasteiger charge is -2.09. The van der Waals surface area contributed by atoms with Gasteiger partial charge in [-0.25, -0.2) is 4.98 Å². The number of aromatic nitrogens is 2. The van der Waals surface area contributed by atoms with E-state index in [1.54, 1.807) is 7.05 Å². The third-order valence-corrected chi connectivity index (χ3v) is 2.66. The van der Waals surface area contributed by atoms with Crippen molar-refractivity contribution in [3.05, 3.63) is 22.6 Å². The first-order valence-electron chi connectivity index (χ1n) is 4.21. The summed E-state index contributed by atoms with van der Waals surface area (Å²) in [4.78, 5) is 27.9. The molecule has 1 heterocycles. The molecule has 15 heavy (non-hydrogen) atoms. The Morgan fingerprint density at radius 3 is 3.07 bits per heavy atom. The van der Waals surface area contributed by atoms with Crippen LogP contribution in [-0.2, 0) is 4.79 Å². The van der Waals surface area contributed by atoms with Gasteiger partial charge in [0.05, 0.1) is 0 Å². The van der Waals surface area contributed by atoms with Crippen molar-refractivity contribution in [3.63, 3.8) is 0 Å². The van der Waals surface area contributed by atoms with Gasteiger partial charge in [0.15, 0.2) is 5.16 Å². The lowest BCUT2D eigenvalue weighted by Crippen LogP contribution is -2.36. The average molecular weight is 229 g/mol. The monoisotopic (exact) mass is 229 g/mol. The third-order valence-electron chi connectivity index (χ3n) is 1.68. The molecule has 0 spiro atoms. The van der Waals surface area contributed by atoms with E-state index < -0.39 is 12.0 Å². The van der Waals surface area contributed by atoms with E-state index >= 15 is 0 Å². The molecule has 0 bridgehead atoms. The van der Waals surface area contributed by atoms with Gasteiger partial charge in [-0.3, -0.25) is 9.59 Å². The van der Waals surface area contributed by atoms with Crippen LogP contribution in [0.2, 0.25) is 0 Å². The third kappa shape index (κ3) is 3.72. The largest absolute Gasteiger partial charge is 0.480 e. The molecule has 0 aromatic carbocycles. The van der Waals surface area contributed by atoms with Crippen LogP contribution < -0.4 is 10.9 Å². The summed E-state index contributed by atoms with van der Waals surface area (Å²) in [5, 5.41) is 11.8. The minimum atomic E-state index is -0.928. The second kappa shape index (κ2) is 5.52. The number of aliphatic carboxylic acids is 1. The molecule has 7 heteroatoms. The van der Waals surface area contributed by atoms with E-state index in [4.69, 9.17) is 5.11 Å². The maximum atomic E-state index is 10.9. The molecule has 1 aromatic rings. The smallest absolute Gasteiger partial charge is 0.321 e. The van der Waals surface area contributed by atoms with Crippen LogP contribution in [0.15, 0.2) is 22.2 Å². The molecule has 0 fully saturated rings. The summed E-state index contributed by atoms with van der Waals surface area (Å²) >= 11 is 1.19. The Hall–Kier alpha value is -1.34. The van der Waals surface area contributed by atoms with Crippen molar-refractivity contribution in [2.45, 2.75) is 11.2 Å². The second-order valence-electron chi connectivity index (χ2n) is 2.73. The van der Waals surface area contributed by atoms with E-state index in [-0.39, 0.29) is 5.56 Å². The van der Waals surface area contributed by atoms with Crippen molar-refractivity contribution in [3.8, 4) is 0 Å². The molecular weight excluding hydrogens is 218 g/mol. The van der Waals surface area contributed by atoms with Crippen molar-refractivity contribution in [2.75, 3.05) is 12.8 Å². The van der Waals surface area contributed by atoms with Gasteiger partial charge in [0, 0.05) is 18.0 Å². The molecule has 0 aliphatic rings. The van der Waals surface area contributed by atoms with Crippen LogP contribution in [0.5, 0.6) is 0 Å². The molecule has 0 saturated carbocycles. The number of hydrogen-bond donors (Lipinski definition) is 3. The van der Waals surface area contributed by atoms with Gasteiger partial charge in [0.25, 0.3) is 5.56 Å². The maximum Gasteiger partial charge on any atom is 0.321 e. The zero-order valence-electron chi connectivity index (χ0n) is 8.06. The molecule has 0 aliphatic heterocycles. The molecule has 0 aliphatic carbocycles. The molecule has 0 amide bonds. The number of rotatable bonds is 5. The zero-order chi connectivity index (χ0) is 11.3. The zero-order valence-corrected chi connectivity index (χ0v) is 8.87. The molecule has 1 rings (SSSR count). The number of nitrogens with zero attached hydrogens (tertiary/aromatic N) is 1. The number of carboxylic acid groups (broad SMARTS) is 1. The first-order valence-corrected chi connectivity index (χ1v) is 5.20. The Balaban J connectivity index is 2.56. The highest BCUT2D eigenvalue weighted by atomic mass is 32.2. The first kappa shape index (κ1) is 11.7. The number of aromatic amines is 1. The van der Waals surface area contributed by atoms with Crippen LogP contribution in [0.4, 0.5) is 0 Å². The molecule has 1 aromatic heterocycles. The number of carbonyl (C=O) groups is 1. The predicted molar refractivity (Wildman–Crippen MR) is 56.1 cm³/mol. The lowest BCUT2D eigenvalue weighted by molar-refractivity contribution is -0.138. The van der Waals surface area contributed by atoms with Gasteiger partial charge in [-0.2, -0.15) is 0 Å². The van der Waals surface area contributed by atoms with E-state index in [9.17, 15) is 9.59 Å². The van der Waals surface area contributed by atoms with Gasteiger partial charge in [-0.15, -0.1) is 0 Å².